The fraction of sp³-hybridized carbons (Fsp3) is 0.241. The lowest BCUT2D eigenvalue weighted by molar-refractivity contribution is -0.132. The van der Waals surface area contributed by atoms with Crippen LogP contribution in [-0.2, 0) is 16.0 Å². The maximum atomic E-state index is 13.3. The molecule has 1 fully saturated rings. The maximum absolute atomic E-state index is 13.3. The van der Waals surface area contributed by atoms with Crippen molar-refractivity contribution in [2.75, 3.05) is 4.90 Å². The highest BCUT2D eigenvalue weighted by atomic mass is 16.5. The van der Waals surface area contributed by atoms with Crippen molar-refractivity contribution in [3.05, 3.63) is 101 Å². The van der Waals surface area contributed by atoms with Gasteiger partial charge in [0.25, 0.3) is 11.7 Å². The van der Waals surface area contributed by atoms with Crippen molar-refractivity contribution in [3.8, 4) is 5.75 Å². The average molecular weight is 456 g/mol. The van der Waals surface area contributed by atoms with Gasteiger partial charge in [-0.05, 0) is 62.6 Å². The van der Waals surface area contributed by atoms with Crippen molar-refractivity contribution in [2.24, 2.45) is 0 Å². The largest absolute Gasteiger partial charge is 0.507 e. The zero-order valence-corrected chi connectivity index (χ0v) is 19.9. The van der Waals surface area contributed by atoms with Gasteiger partial charge in [0.2, 0.25) is 0 Å². The highest BCUT2D eigenvalue weighted by molar-refractivity contribution is 6.51. The number of rotatable bonds is 6. The zero-order valence-electron chi connectivity index (χ0n) is 19.9. The number of aliphatic hydroxyl groups is 1. The van der Waals surface area contributed by atoms with Crippen LogP contribution in [0.1, 0.15) is 49.1 Å². The summed E-state index contributed by atoms with van der Waals surface area (Å²) in [6.45, 7) is 7.90. The van der Waals surface area contributed by atoms with Crippen LogP contribution in [0.2, 0.25) is 0 Å². The van der Waals surface area contributed by atoms with Crippen molar-refractivity contribution < 1.29 is 19.4 Å². The van der Waals surface area contributed by atoms with E-state index in [0.717, 1.165) is 23.1 Å². The topological polar surface area (TPSA) is 66.8 Å². The van der Waals surface area contributed by atoms with Gasteiger partial charge in [-0.1, -0.05) is 61.0 Å². The number of Topliss-reactive ketones (excluding diaryl/α,β-unsaturated/α-hetero) is 1. The van der Waals surface area contributed by atoms with Crippen LogP contribution in [0.5, 0.6) is 5.75 Å². The van der Waals surface area contributed by atoms with E-state index in [1.807, 2.05) is 57.2 Å². The molecule has 0 spiro atoms. The Balaban J connectivity index is 1.86. The molecule has 1 heterocycles. The summed E-state index contributed by atoms with van der Waals surface area (Å²) in [4.78, 5) is 28.0. The summed E-state index contributed by atoms with van der Waals surface area (Å²) in [5.74, 6) is -0.870. The van der Waals surface area contributed by atoms with E-state index in [1.165, 1.54) is 4.90 Å². The van der Waals surface area contributed by atoms with E-state index in [2.05, 4.69) is 6.92 Å². The molecular formula is C29H29NO4. The monoisotopic (exact) mass is 455 g/mol. The number of benzene rings is 3. The number of carbonyl (C=O) groups excluding carboxylic acids is 2. The van der Waals surface area contributed by atoms with Gasteiger partial charge in [-0.15, -0.1) is 0 Å². The van der Waals surface area contributed by atoms with Crippen molar-refractivity contribution in [3.63, 3.8) is 0 Å². The number of carbonyl (C=O) groups is 2. The molecule has 34 heavy (non-hydrogen) atoms. The van der Waals surface area contributed by atoms with E-state index in [1.54, 1.807) is 36.4 Å². The number of ketones is 1. The molecule has 3 aromatic rings. The maximum Gasteiger partial charge on any atom is 0.300 e. The Labute approximate surface area is 200 Å². The first-order valence-electron chi connectivity index (χ1n) is 11.5. The highest BCUT2D eigenvalue weighted by Crippen LogP contribution is 2.42. The normalized spacial score (nSPS) is 17.4. The standard InChI is InChI=1S/C29H29NO4/c1-5-20-8-12-21(13-9-20)26-25(27(31)22-10-6-19(4)7-11-22)28(32)29(33)30(26)23-14-16-24(17-15-23)34-18(2)3/h6-18,26,31H,5H2,1-4H3/b27-25+. The molecule has 5 nitrogen and oxygen atoms in total. The summed E-state index contributed by atoms with van der Waals surface area (Å²) in [6, 6.07) is 21.4. The average Bonchev–Trinajstić information content (AvgIpc) is 3.10. The molecule has 0 radical (unpaired) electrons. The lowest BCUT2D eigenvalue weighted by Gasteiger charge is -2.26. The lowest BCUT2D eigenvalue weighted by atomic mass is 9.94. The van der Waals surface area contributed by atoms with Crippen molar-refractivity contribution in [1.29, 1.82) is 0 Å². The molecule has 1 amide bonds. The van der Waals surface area contributed by atoms with Crippen LogP contribution in [0.15, 0.2) is 78.4 Å². The van der Waals surface area contributed by atoms with Gasteiger partial charge in [-0.25, -0.2) is 0 Å². The minimum absolute atomic E-state index is 0.0201. The van der Waals surface area contributed by atoms with Crippen molar-refractivity contribution in [2.45, 2.75) is 46.3 Å². The summed E-state index contributed by atoms with van der Waals surface area (Å²) in [6.07, 6.45) is 0.896. The third-order valence-electron chi connectivity index (χ3n) is 5.96. The molecule has 1 saturated heterocycles. The van der Waals surface area contributed by atoms with Crippen molar-refractivity contribution >= 4 is 23.1 Å². The van der Waals surface area contributed by atoms with Crippen LogP contribution in [0.3, 0.4) is 0 Å². The van der Waals surface area contributed by atoms with Gasteiger partial charge in [0.15, 0.2) is 0 Å². The molecule has 1 N–H and O–H groups in total. The van der Waals surface area contributed by atoms with Gasteiger partial charge in [0.05, 0.1) is 17.7 Å². The Morgan fingerprint density at radius 3 is 2.12 bits per heavy atom. The smallest absolute Gasteiger partial charge is 0.300 e. The van der Waals surface area contributed by atoms with Gasteiger partial charge >= 0.3 is 0 Å². The van der Waals surface area contributed by atoms with E-state index in [4.69, 9.17) is 4.74 Å². The number of nitrogens with zero attached hydrogens (tertiary/aromatic N) is 1. The van der Waals surface area contributed by atoms with Gasteiger partial charge in [0.1, 0.15) is 11.5 Å². The molecule has 1 atom stereocenters. The summed E-state index contributed by atoms with van der Waals surface area (Å²) in [7, 11) is 0. The molecule has 1 aliphatic rings. The first-order valence-corrected chi connectivity index (χ1v) is 11.5. The molecule has 1 unspecified atom stereocenters. The summed E-state index contributed by atoms with van der Waals surface area (Å²) >= 11 is 0. The fourth-order valence-electron chi connectivity index (χ4n) is 4.17. The van der Waals surface area contributed by atoms with Crippen LogP contribution >= 0.6 is 0 Å². The van der Waals surface area contributed by atoms with E-state index in [0.29, 0.717) is 17.0 Å². The predicted molar refractivity (Wildman–Crippen MR) is 134 cm³/mol. The fourth-order valence-corrected chi connectivity index (χ4v) is 4.17. The van der Waals surface area contributed by atoms with Gasteiger partial charge in [-0.3, -0.25) is 14.5 Å². The lowest BCUT2D eigenvalue weighted by Crippen LogP contribution is -2.29. The Morgan fingerprint density at radius 1 is 0.941 bits per heavy atom. The van der Waals surface area contributed by atoms with Crippen LogP contribution in [0.4, 0.5) is 5.69 Å². The van der Waals surface area contributed by atoms with Crippen LogP contribution in [-0.4, -0.2) is 22.9 Å². The second kappa shape index (κ2) is 9.56. The van der Waals surface area contributed by atoms with E-state index >= 15 is 0 Å². The van der Waals surface area contributed by atoms with E-state index in [-0.39, 0.29) is 17.4 Å². The third-order valence-corrected chi connectivity index (χ3v) is 5.96. The summed E-state index contributed by atoms with van der Waals surface area (Å²) < 4.78 is 5.72. The number of hydrogen-bond acceptors (Lipinski definition) is 4. The van der Waals surface area contributed by atoms with Gasteiger partial charge in [-0.2, -0.15) is 0 Å². The first kappa shape index (κ1) is 23.3. The Bertz CT molecular complexity index is 1220. The molecule has 0 aliphatic carbocycles. The number of aliphatic hydroxyl groups excluding tert-OH is 1. The molecular weight excluding hydrogens is 426 g/mol. The molecule has 0 aromatic heterocycles. The number of aryl methyl sites for hydroxylation is 2. The van der Waals surface area contributed by atoms with E-state index < -0.39 is 17.7 Å². The molecule has 5 heteroatoms. The van der Waals surface area contributed by atoms with Gasteiger partial charge < -0.3 is 9.84 Å². The zero-order chi connectivity index (χ0) is 24.4. The van der Waals surface area contributed by atoms with Crippen molar-refractivity contribution in [1.82, 2.24) is 0 Å². The minimum atomic E-state index is -0.746. The number of ether oxygens (including phenoxy) is 1. The second-order valence-corrected chi connectivity index (χ2v) is 8.79. The Morgan fingerprint density at radius 2 is 1.56 bits per heavy atom. The van der Waals surface area contributed by atoms with E-state index in [9.17, 15) is 14.7 Å². The number of amides is 1. The van der Waals surface area contributed by atoms with Crippen LogP contribution in [0.25, 0.3) is 5.76 Å². The van der Waals surface area contributed by atoms with Crippen LogP contribution < -0.4 is 9.64 Å². The third kappa shape index (κ3) is 4.46. The number of anilines is 1. The van der Waals surface area contributed by atoms with Crippen LogP contribution in [0, 0.1) is 6.92 Å². The minimum Gasteiger partial charge on any atom is -0.507 e. The first-order chi connectivity index (χ1) is 16.3. The summed E-state index contributed by atoms with van der Waals surface area (Å²) in [5, 5.41) is 11.2. The molecule has 1 aliphatic heterocycles. The summed E-state index contributed by atoms with van der Waals surface area (Å²) in [5.41, 5.74) is 4.08. The molecule has 0 saturated carbocycles. The Kier molecular flexibility index (Phi) is 6.55. The second-order valence-electron chi connectivity index (χ2n) is 8.79. The highest BCUT2D eigenvalue weighted by Gasteiger charge is 2.46. The number of hydrogen-bond donors (Lipinski definition) is 1. The predicted octanol–water partition coefficient (Wildman–Crippen LogP) is 5.97. The SMILES string of the molecule is CCc1ccc(C2/C(=C(\O)c3ccc(C)cc3)C(=O)C(=O)N2c2ccc(OC(C)C)cc2)cc1. The molecule has 4 rings (SSSR count). The molecule has 3 aromatic carbocycles. The molecule has 0 bridgehead atoms. The Hall–Kier alpha value is -3.86. The van der Waals surface area contributed by atoms with Gasteiger partial charge in [0, 0.05) is 11.3 Å². The molecule has 174 valence electrons. The quantitative estimate of drug-likeness (QED) is 0.282.